The van der Waals surface area contributed by atoms with Gasteiger partial charge >= 0.3 is 5.97 Å². The van der Waals surface area contributed by atoms with E-state index < -0.39 is 0 Å². The van der Waals surface area contributed by atoms with Crippen molar-refractivity contribution in [3.63, 3.8) is 0 Å². The van der Waals surface area contributed by atoms with Crippen LogP contribution in [-0.2, 0) is 16.1 Å². The summed E-state index contributed by atoms with van der Waals surface area (Å²) in [4.78, 5) is 16.7. The number of halogens is 1. The first kappa shape index (κ1) is 16.5. The number of rotatable bonds is 6. The highest BCUT2D eigenvalue weighted by atomic mass is 35.5. The first-order valence-electron chi connectivity index (χ1n) is 7.11. The molecule has 0 atom stereocenters. The van der Waals surface area contributed by atoms with E-state index in [2.05, 4.69) is 10.1 Å². The molecule has 0 aliphatic heterocycles. The van der Waals surface area contributed by atoms with E-state index in [1.165, 1.54) is 11.8 Å². The zero-order valence-corrected chi connectivity index (χ0v) is 14.1. The van der Waals surface area contributed by atoms with E-state index in [0.717, 1.165) is 10.5 Å². The van der Waals surface area contributed by atoms with Gasteiger partial charge in [-0.2, -0.15) is 0 Å². The zero-order chi connectivity index (χ0) is 16.8. The van der Waals surface area contributed by atoms with Crippen molar-refractivity contribution in [3.8, 4) is 11.3 Å². The number of carbonyl (C=O) groups excluding carboxylic acids is 1. The summed E-state index contributed by atoms with van der Waals surface area (Å²) in [6.07, 6.45) is 3.36. The summed E-state index contributed by atoms with van der Waals surface area (Å²) in [7, 11) is 0. The Morgan fingerprint density at radius 2 is 1.92 bits per heavy atom. The van der Waals surface area contributed by atoms with Gasteiger partial charge in [-0.25, -0.2) is 0 Å². The van der Waals surface area contributed by atoms with Gasteiger partial charge in [0.15, 0.2) is 5.76 Å². The second-order valence-corrected chi connectivity index (χ2v) is 6.31. The number of ether oxygens (including phenoxy) is 1. The second-order valence-electron chi connectivity index (χ2n) is 4.82. The Hall–Kier alpha value is -2.31. The van der Waals surface area contributed by atoms with Gasteiger partial charge in [-0.15, -0.1) is 11.8 Å². The Morgan fingerprint density at radius 3 is 2.67 bits per heavy atom. The Kier molecular flexibility index (Phi) is 5.51. The summed E-state index contributed by atoms with van der Waals surface area (Å²) in [6, 6.07) is 12.6. The van der Waals surface area contributed by atoms with Crippen LogP contribution in [-0.4, -0.2) is 21.9 Å². The average molecular weight is 361 g/mol. The van der Waals surface area contributed by atoms with Crippen LogP contribution in [0.3, 0.4) is 0 Å². The lowest BCUT2D eigenvalue weighted by atomic mass is 10.2. The summed E-state index contributed by atoms with van der Waals surface area (Å²) in [5.74, 6) is 0.517. The highest BCUT2D eigenvalue weighted by Gasteiger charge is 2.10. The average Bonchev–Trinajstić information content (AvgIpc) is 3.09. The fourth-order valence-corrected chi connectivity index (χ4v) is 2.71. The summed E-state index contributed by atoms with van der Waals surface area (Å²) in [6.45, 7) is 0.0762. The molecule has 1 aromatic carbocycles. The molecule has 0 radical (unpaired) electrons. The van der Waals surface area contributed by atoms with E-state index >= 15 is 0 Å². The minimum Gasteiger partial charge on any atom is -0.458 e. The van der Waals surface area contributed by atoms with Crippen molar-refractivity contribution in [2.24, 2.45) is 0 Å². The van der Waals surface area contributed by atoms with Crippen LogP contribution in [0.1, 0.15) is 5.69 Å². The molecule has 0 N–H and O–H groups in total. The number of carbonyl (C=O) groups is 1. The van der Waals surface area contributed by atoms with E-state index in [4.69, 9.17) is 20.9 Å². The number of nitrogens with zero attached hydrogens (tertiary/aromatic N) is 2. The van der Waals surface area contributed by atoms with Gasteiger partial charge < -0.3 is 9.26 Å². The Bertz CT molecular complexity index is 806. The number of aromatic nitrogens is 2. The number of esters is 1. The highest BCUT2D eigenvalue weighted by molar-refractivity contribution is 8.00. The normalized spacial score (nSPS) is 10.5. The maximum Gasteiger partial charge on any atom is 0.316 e. The van der Waals surface area contributed by atoms with Gasteiger partial charge in [0.1, 0.15) is 12.3 Å². The molecule has 0 bridgehead atoms. The lowest BCUT2D eigenvalue weighted by molar-refractivity contribution is -0.141. The molecule has 3 aromatic rings. The summed E-state index contributed by atoms with van der Waals surface area (Å²) >= 11 is 7.25. The van der Waals surface area contributed by atoms with Crippen LogP contribution in [0.2, 0.25) is 5.02 Å². The summed E-state index contributed by atoms with van der Waals surface area (Å²) < 4.78 is 10.5. The van der Waals surface area contributed by atoms with Crippen LogP contribution < -0.4 is 0 Å². The maximum atomic E-state index is 11.8. The molecule has 3 rings (SSSR count). The molecule has 0 aliphatic rings. The molecule has 0 unspecified atom stereocenters. The third kappa shape index (κ3) is 4.59. The largest absolute Gasteiger partial charge is 0.458 e. The topological polar surface area (TPSA) is 65.2 Å². The molecule has 0 aliphatic carbocycles. The second kappa shape index (κ2) is 7.99. The Labute approximate surface area is 148 Å². The maximum absolute atomic E-state index is 11.8. The molecule has 5 nitrogen and oxygen atoms in total. The third-order valence-corrected chi connectivity index (χ3v) is 4.31. The van der Waals surface area contributed by atoms with Crippen molar-refractivity contribution in [2.75, 3.05) is 5.75 Å². The molecule has 0 amide bonds. The van der Waals surface area contributed by atoms with E-state index in [0.29, 0.717) is 16.5 Å². The summed E-state index contributed by atoms with van der Waals surface area (Å²) in [5, 5.41) is 4.56. The smallest absolute Gasteiger partial charge is 0.316 e. The molecular weight excluding hydrogens is 348 g/mol. The molecule has 0 spiro atoms. The zero-order valence-electron chi connectivity index (χ0n) is 12.5. The van der Waals surface area contributed by atoms with Gasteiger partial charge in [-0.3, -0.25) is 9.78 Å². The monoisotopic (exact) mass is 360 g/mol. The molecule has 2 heterocycles. The summed E-state index contributed by atoms with van der Waals surface area (Å²) in [5.41, 5.74) is 1.42. The SMILES string of the molecule is O=C(CSc1ccncc1)OCc1cc(-c2ccc(Cl)cc2)on1. The Morgan fingerprint density at radius 1 is 1.17 bits per heavy atom. The van der Waals surface area contributed by atoms with E-state index in [1.807, 2.05) is 24.3 Å². The van der Waals surface area contributed by atoms with Gasteiger partial charge in [0.2, 0.25) is 0 Å². The number of benzene rings is 1. The predicted molar refractivity (Wildman–Crippen MR) is 91.7 cm³/mol. The molecule has 0 saturated carbocycles. The van der Waals surface area contributed by atoms with Crippen LogP contribution in [0.15, 0.2) is 64.3 Å². The molecule has 7 heteroatoms. The van der Waals surface area contributed by atoms with Crippen LogP contribution in [0.25, 0.3) is 11.3 Å². The van der Waals surface area contributed by atoms with Gasteiger partial charge in [0.25, 0.3) is 0 Å². The number of hydrogen-bond donors (Lipinski definition) is 0. The predicted octanol–water partition coefficient (Wildman–Crippen LogP) is 4.23. The molecule has 0 saturated heterocycles. The van der Waals surface area contributed by atoms with E-state index in [9.17, 15) is 4.79 Å². The standard InChI is InChI=1S/C17H13ClN2O3S/c18-13-3-1-12(2-4-13)16-9-14(20-23-16)10-22-17(21)11-24-15-5-7-19-8-6-15/h1-9H,10-11H2. The van der Waals surface area contributed by atoms with Gasteiger partial charge in [0, 0.05) is 33.9 Å². The van der Waals surface area contributed by atoms with E-state index in [-0.39, 0.29) is 18.3 Å². The van der Waals surface area contributed by atoms with Crippen molar-refractivity contribution in [1.82, 2.24) is 10.1 Å². The van der Waals surface area contributed by atoms with Crippen molar-refractivity contribution >= 4 is 29.3 Å². The van der Waals surface area contributed by atoms with Crippen molar-refractivity contribution < 1.29 is 14.1 Å². The quantitative estimate of drug-likeness (QED) is 0.484. The van der Waals surface area contributed by atoms with Crippen LogP contribution >= 0.6 is 23.4 Å². The molecule has 2 aromatic heterocycles. The molecule has 0 fully saturated rings. The van der Waals surface area contributed by atoms with Crippen LogP contribution in [0, 0.1) is 0 Å². The lowest BCUT2D eigenvalue weighted by Crippen LogP contribution is -2.07. The molecular formula is C17H13ClN2O3S. The first-order valence-corrected chi connectivity index (χ1v) is 8.47. The third-order valence-electron chi connectivity index (χ3n) is 3.08. The minimum atomic E-state index is -0.312. The fraction of sp³-hybridized carbons (Fsp3) is 0.118. The van der Waals surface area contributed by atoms with E-state index in [1.54, 1.807) is 30.6 Å². The number of pyridine rings is 1. The molecule has 122 valence electrons. The van der Waals surface area contributed by atoms with Crippen LogP contribution in [0.5, 0.6) is 0 Å². The molecule has 24 heavy (non-hydrogen) atoms. The van der Waals surface area contributed by atoms with Gasteiger partial charge in [-0.1, -0.05) is 16.8 Å². The lowest BCUT2D eigenvalue weighted by Gasteiger charge is -2.02. The minimum absolute atomic E-state index is 0.0762. The van der Waals surface area contributed by atoms with Crippen molar-refractivity contribution in [3.05, 3.63) is 65.6 Å². The number of thioether (sulfide) groups is 1. The first-order chi connectivity index (χ1) is 11.7. The van der Waals surface area contributed by atoms with Gasteiger partial charge in [-0.05, 0) is 36.4 Å². The Balaban J connectivity index is 1.50. The van der Waals surface area contributed by atoms with Gasteiger partial charge in [0.05, 0.1) is 5.75 Å². The van der Waals surface area contributed by atoms with Crippen LogP contribution in [0.4, 0.5) is 0 Å². The van der Waals surface area contributed by atoms with Crippen molar-refractivity contribution in [1.29, 1.82) is 0 Å². The number of hydrogen-bond acceptors (Lipinski definition) is 6. The van der Waals surface area contributed by atoms with Crippen molar-refractivity contribution in [2.45, 2.75) is 11.5 Å². The highest BCUT2D eigenvalue weighted by Crippen LogP contribution is 2.22. The fourth-order valence-electron chi connectivity index (χ4n) is 1.90.